The average molecular weight is 456 g/mol. The van der Waals surface area contributed by atoms with Gasteiger partial charge in [-0.1, -0.05) is 37.7 Å². The van der Waals surface area contributed by atoms with Crippen LogP contribution in [-0.4, -0.2) is 21.6 Å². The van der Waals surface area contributed by atoms with E-state index in [1.807, 2.05) is 26.2 Å². The first kappa shape index (κ1) is 21.5. The van der Waals surface area contributed by atoms with Crippen LogP contribution in [0.25, 0.3) is 21.3 Å². The van der Waals surface area contributed by atoms with E-state index >= 15 is 0 Å². The Morgan fingerprint density at radius 3 is 2.71 bits per heavy atom. The largest absolute Gasteiger partial charge is 0.488 e. The average Bonchev–Trinajstić information content (AvgIpc) is 3.15. The number of aromatic nitrogens is 3. The molecular weight excluding hydrogens is 433 g/mol. The molecule has 0 unspecified atom stereocenters. The molecule has 4 rings (SSSR count). The number of hydrogen-bond acceptors (Lipinski definition) is 6. The third-order valence-electron chi connectivity index (χ3n) is 4.54. The maximum atomic E-state index is 13.4. The Kier molecular flexibility index (Phi) is 6.38. The molecule has 0 aliphatic rings. The Labute approximate surface area is 187 Å². The summed E-state index contributed by atoms with van der Waals surface area (Å²) in [6.07, 6.45) is 1.62. The van der Waals surface area contributed by atoms with Gasteiger partial charge in [0.1, 0.15) is 21.5 Å². The molecule has 5 nitrogen and oxygen atoms in total. The van der Waals surface area contributed by atoms with Gasteiger partial charge in [0.25, 0.3) is 0 Å². The second-order valence-corrected chi connectivity index (χ2v) is 9.41. The number of pyridine rings is 1. The Hall–Kier alpha value is -2.71. The first-order valence-corrected chi connectivity index (χ1v) is 11.8. The van der Waals surface area contributed by atoms with Gasteiger partial charge < -0.3 is 9.72 Å². The third-order valence-corrected chi connectivity index (χ3v) is 6.44. The molecule has 0 fully saturated rings. The third kappa shape index (κ3) is 4.97. The van der Waals surface area contributed by atoms with Crippen LogP contribution in [0.1, 0.15) is 25.4 Å². The maximum Gasteiger partial charge on any atom is 0.223 e. The number of aromatic amines is 1. The second kappa shape index (κ2) is 9.20. The number of ether oxygens (including phenoxy) is 1. The molecule has 0 atom stereocenters. The highest BCUT2D eigenvalue weighted by molar-refractivity contribution is 7.98. The predicted molar refractivity (Wildman–Crippen MR) is 125 cm³/mol. The number of H-pyrrole nitrogens is 1. The number of hydrogen-bond donors (Lipinski definition) is 1. The van der Waals surface area contributed by atoms with E-state index in [0.29, 0.717) is 29.9 Å². The summed E-state index contributed by atoms with van der Waals surface area (Å²) in [6, 6.07) is 8.00. The van der Waals surface area contributed by atoms with E-state index in [4.69, 9.17) is 4.74 Å². The van der Waals surface area contributed by atoms with Gasteiger partial charge in [-0.25, -0.2) is 14.4 Å². The lowest BCUT2D eigenvalue weighted by Gasteiger charge is -2.09. The predicted octanol–water partition coefficient (Wildman–Crippen LogP) is 5.82. The molecule has 4 aromatic rings. The Morgan fingerprint density at radius 1 is 1.23 bits per heavy atom. The van der Waals surface area contributed by atoms with E-state index in [1.54, 1.807) is 35.7 Å². The van der Waals surface area contributed by atoms with Crippen molar-refractivity contribution < 1.29 is 9.13 Å². The number of benzene rings is 1. The number of halogens is 1. The monoisotopic (exact) mass is 455 g/mol. The zero-order valence-electron chi connectivity index (χ0n) is 17.4. The van der Waals surface area contributed by atoms with Crippen molar-refractivity contribution in [2.24, 2.45) is 5.92 Å². The van der Waals surface area contributed by atoms with Crippen molar-refractivity contribution >= 4 is 33.3 Å². The Balaban J connectivity index is 1.61. The summed E-state index contributed by atoms with van der Waals surface area (Å²) < 4.78 is 18.9. The highest BCUT2D eigenvalue weighted by Gasteiger charge is 2.15. The fraction of sp³-hybridized carbons (Fsp3) is 0.261. The molecule has 1 N–H and O–H groups in total. The van der Waals surface area contributed by atoms with Gasteiger partial charge >= 0.3 is 0 Å². The molecule has 0 aliphatic carbocycles. The molecule has 0 bridgehead atoms. The van der Waals surface area contributed by atoms with Gasteiger partial charge in [-0.15, -0.1) is 11.3 Å². The minimum Gasteiger partial charge on any atom is -0.488 e. The van der Waals surface area contributed by atoms with Crippen molar-refractivity contribution in [2.45, 2.75) is 31.6 Å². The van der Waals surface area contributed by atoms with Crippen LogP contribution in [0, 0.1) is 18.7 Å². The smallest absolute Gasteiger partial charge is 0.223 e. The molecular formula is C23H22FN3O2S2. The number of nitrogens with zero attached hydrogens (tertiary/aromatic N) is 2. The number of thioether (sulfide) groups is 1. The van der Waals surface area contributed by atoms with E-state index in [0.717, 1.165) is 32.1 Å². The number of fused-ring (bicyclic) bond motifs is 1. The molecule has 8 heteroatoms. The van der Waals surface area contributed by atoms with Gasteiger partial charge in [0, 0.05) is 34.7 Å². The van der Waals surface area contributed by atoms with E-state index in [9.17, 15) is 9.18 Å². The minimum absolute atomic E-state index is 0.137. The van der Waals surface area contributed by atoms with E-state index in [2.05, 4.69) is 15.0 Å². The number of nitrogens with one attached hydrogen (secondary N) is 1. The molecule has 0 spiro atoms. The van der Waals surface area contributed by atoms with E-state index in [-0.39, 0.29) is 11.2 Å². The van der Waals surface area contributed by atoms with Crippen LogP contribution in [-0.2, 0) is 5.75 Å². The summed E-state index contributed by atoms with van der Waals surface area (Å²) >= 11 is 3.08. The zero-order valence-corrected chi connectivity index (χ0v) is 19.1. The van der Waals surface area contributed by atoms with Gasteiger partial charge in [-0.3, -0.25) is 4.79 Å². The summed E-state index contributed by atoms with van der Waals surface area (Å²) in [4.78, 5) is 25.6. The molecule has 3 aromatic heterocycles. The molecule has 0 aliphatic heterocycles. The van der Waals surface area contributed by atoms with Gasteiger partial charge in [-0.05, 0) is 30.5 Å². The van der Waals surface area contributed by atoms with Crippen molar-refractivity contribution in [1.82, 2.24) is 15.0 Å². The molecule has 0 saturated heterocycles. The van der Waals surface area contributed by atoms with Gasteiger partial charge in [0.15, 0.2) is 5.75 Å². The lowest BCUT2D eigenvalue weighted by Crippen LogP contribution is -2.13. The first-order valence-electron chi connectivity index (χ1n) is 9.89. The van der Waals surface area contributed by atoms with Gasteiger partial charge in [0.05, 0.1) is 12.0 Å². The fourth-order valence-corrected chi connectivity index (χ4v) is 5.12. The van der Waals surface area contributed by atoms with E-state index in [1.165, 1.54) is 23.9 Å². The topological polar surface area (TPSA) is 67.9 Å². The van der Waals surface area contributed by atoms with Crippen molar-refractivity contribution in [3.8, 4) is 16.9 Å². The van der Waals surface area contributed by atoms with Crippen LogP contribution in [0.4, 0.5) is 4.39 Å². The van der Waals surface area contributed by atoms with E-state index < -0.39 is 0 Å². The molecule has 3 heterocycles. The normalized spacial score (nSPS) is 11.4. The first-order chi connectivity index (χ1) is 14.9. The quantitative estimate of drug-likeness (QED) is 0.281. The van der Waals surface area contributed by atoms with Gasteiger partial charge in [-0.2, -0.15) is 0 Å². The van der Waals surface area contributed by atoms with Gasteiger partial charge in [0.2, 0.25) is 5.43 Å². The number of rotatable bonds is 7. The fourth-order valence-electron chi connectivity index (χ4n) is 3.06. The highest BCUT2D eigenvalue weighted by atomic mass is 32.2. The molecule has 0 radical (unpaired) electrons. The maximum absolute atomic E-state index is 13.4. The van der Waals surface area contributed by atoms with Crippen molar-refractivity contribution in [1.29, 1.82) is 0 Å². The SMILES string of the molecule is Cc1nc(SCc2cc(=O)c(OCC(C)C)c[nH]2)c2c(-c3ccc(F)cc3)csc2n1. The summed E-state index contributed by atoms with van der Waals surface area (Å²) in [6.45, 7) is 6.44. The van der Waals surface area contributed by atoms with Crippen molar-refractivity contribution in [2.75, 3.05) is 6.61 Å². The lowest BCUT2D eigenvalue weighted by molar-refractivity contribution is 0.268. The van der Waals surface area contributed by atoms with Crippen molar-refractivity contribution in [3.63, 3.8) is 0 Å². The van der Waals surface area contributed by atoms with Crippen LogP contribution >= 0.6 is 23.1 Å². The second-order valence-electron chi connectivity index (χ2n) is 7.59. The lowest BCUT2D eigenvalue weighted by atomic mass is 10.1. The van der Waals surface area contributed by atoms with Crippen LogP contribution in [0.15, 0.2) is 51.7 Å². The molecule has 160 valence electrons. The highest BCUT2D eigenvalue weighted by Crippen LogP contribution is 2.39. The standard InChI is InChI=1S/C23H22FN3O2S2/c1-13(2)10-29-20-9-25-17(8-19(20)28)11-30-22-21-18(15-4-6-16(24)7-5-15)12-31-23(21)27-14(3)26-22/h4-9,12-13H,10-11H2,1-3H3,(H,25,28). The van der Waals surface area contributed by atoms with Crippen LogP contribution in [0.2, 0.25) is 0 Å². The van der Waals surface area contributed by atoms with Crippen LogP contribution in [0.5, 0.6) is 5.75 Å². The number of thiophene rings is 1. The summed E-state index contributed by atoms with van der Waals surface area (Å²) in [5, 5.41) is 3.81. The summed E-state index contributed by atoms with van der Waals surface area (Å²) in [5.41, 5.74) is 2.55. The Morgan fingerprint density at radius 2 is 2.00 bits per heavy atom. The molecule has 31 heavy (non-hydrogen) atoms. The number of aryl methyl sites for hydroxylation is 1. The Bertz CT molecular complexity index is 1270. The van der Waals surface area contributed by atoms with Crippen LogP contribution < -0.4 is 10.2 Å². The van der Waals surface area contributed by atoms with Crippen molar-refractivity contribution in [3.05, 3.63) is 69.5 Å². The molecule has 1 aromatic carbocycles. The molecule has 0 saturated carbocycles. The minimum atomic E-state index is -0.269. The summed E-state index contributed by atoms with van der Waals surface area (Å²) in [7, 11) is 0. The van der Waals surface area contributed by atoms with Crippen LogP contribution in [0.3, 0.4) is 0 Å². The zero-order chi connectivity index (χ0) is 22.0. The molecule has 0 amide bonds. The summed E-state index contributed by atoms with van der Waals surface area (Å²) in [5.74, 6) is 1.64.